The average molecular weight is 263 g/mol. The van der Waals surface area contributed by atoms with Crippen molar-refractivity contribution in [1.82, 2.24) is 5.32 Å². The molecule has 1 amide bonds. The molecule has 0 aliphatic carbocycles. The van der Waals surface area contributed by atoms with Gasteiger partial charge in [-0.15, -0.1) is 0 Å². The van der Waals surface area contributed by atoms with Crippen molar-refractivity contribution >= 4 is 17.3 Å². The van der Waals surface area contributed by atoms with E-state index in [-0.39, 0.29) is 5.91 Å². The number of nitrogens with one attached hydrogen (secondary N) is 3. The van der Waals surface area contributed by atoms with Crippen molar-refractivity contribution in [1.29, 1.82) is 0 Å². The van der Waals surface area contributed by atoms with E-state index in [1.807, 2.05) is 6.07 Å². The molecule has 2 heterocycles. The molecule has 2 aliphatic rings. The van der Waals surface area contributed by atoms with E-state index in [1.165, 1.54) is 0 Å². The average Bonchev–Trinajstić information content (AvgIpc) is 2.88. The lowest BCUT2D eigenvalue weighted by Crippen LogP contribution is -2.54. The van der Waals surface area contributed by atoms with Crippen LogP contribution in [-0.2, 0) is 4.79 Å². The zero-order valence-corrected chi connectivity index (χ0v) is 11.0. The molecule has 6 heteroatoms. The van der Waals surface area contributed by atoms with Gasteiger partial charge in [0, 0.05) is 18.7 Å². The molecular formula is C13H17N3O3. The molecule has 19 heavy (non-hydrogen) atoms. The van der Waals surface area contributed by atoms with Crippen molar-refractivity contribution in [2.75, 3.05) is 37.9 Å². The van der Waals surface area contributed by atoms with Crippen LogP contribution in [0.3, 0.4) is 0 Å². The van der Waals surface area contributed by atoms with E-state index in [2.05, 4.69) is 16.0 Å². The van der Waals surface area contributed by atoms with Crippen LogP contribution in [0.1, 0.15) is 6.42 Å². The molecule has 1 spiro atoms. The fraction of sp³-hybridized carbons (Fsp3) is 0.462. The van der Waals surface area contributed by atoms with E-state index in [9.17, 15) is 4.79 Å². The van der Waals surface area contributed by atoms with Gasteiger partial charge in [-0.3, -0.25) is 4.79 Å². The lowest BCUT2D eigenvalue weighted by molar-refractivity contribution is -0.120. The first kappa shape index (κ1) is 12.1. The number of carbonyl (C=O) groups is 1. The summed E-state index contributed by atoms with van der Waals surface area (Å²) in [5.41, 5.74) is 1.04. The fourth-order valence-corrected chi connectivity index (χ4v) is 2.63. The van der Waals surface area contributed by atoms with Crippen LogP contribution in [0, 0.1) is 0 Å². The van der Waals surface area contributed by atoms with Crippen LogP contribution in [0.2, 0.25) is 0 Å². The number of rotatable bonds is 2. The fourth-order valence-electron chi connectivity index (χ4n) is 2.63. The lowest BCUT2D eigenvalue weighted by atomic mass is 9.94. The number of anilines is 2. The molecule has 1 fully saturated rings. The second-order valence-corrected chi connectivity index (χ2v) is 4.84. The van der Waals surface area contributed by atoms with E-state index in [4.69, 9.17) is 9.47 Å². The van der Waals surface area contributed by atoms with Gasteiger partial charge in [-0.25, -0.2) is 0 Å². The molecule has 3 rings (SSSR count). The molecular weight excluding hydrogens is 246 g/mol. The highest BCUT2D eigenvalue weighted by atomic mass is 16.5. The van der Waals surface area contributed by atoms with E-state index < -0.39 is 5.54 Å². The molecule has 0 saturated carbocycles. The number of amides is 1. The summed E-state index contributed by atoms with van der Waals surface area (Å²) in [7, 11) is 3.17. The van der Waals surface area contributed by atoms with Crippen LogP contribution in [-0.4, -0.2) is 38.8 Å². The number of fused-ring (bicyclic) bond motifs is 1. The van der Waals surface area contributed by atoms with Crippen molar-refractivity contribution < 1.29 is 14.3 Å². The van der Waals surface area contributed by atoms with Crippen LogP contribution >= 0.6 is 0 Å². The van der Waals surface area contributed by atoms with Crippen molar-refractivity contribution in [3.05, 3.63) is 12.1 Å². The maximum absolute atomic E-state index is 12.2. The molecule has 0 aromatic heterocycles. The van der Waals surface area contributed by atoms with Gasteiger partial charge in [0.1, 0.15) is 5.54 Å². The molecule has 1 saturated heterocycles. The van der Waals surface area contributed by atoms with Gasteiger partial charge >= 0.3 is 0 Å². The Kier molecular flexibility index (Phi) is 2.74. The normalized spacial score (nSPS) is 24.6. The number of hydrogen-bond acceptors (Lipinski definition) is 5. The zero-order valence-electron chi connectivity index (χ0n) is 11.0. The number of methoxy groups -OCH3 is 2. The van der Waals surface area contributed by atoms with E-state index >= 15 is 0 Å². The monoisotopic (exact) mass is 263 g/mol. The van der Waals surface area contributed by atoms with Crippen LogP contribution in [0.25, 0.3) is 0 Å². The largest absolute Gasteiger partial charge is 0.493 e. The summed E-state index contributed by atoms with van der Waals surface area (Å²) in [6.45, 7) is 1.47. The molecule has 1 atom stereocenters. The lowest BCUT2D eigenvalue weighted by Gasteiger charge is -2.35. The molecule has 2 aliphatic heterocycles. The molecule has 1 unspecified atom stereocenters. The quantitative estimate of drug-likeness (QED) is 0.736. The first-order valence-electron chi connectivity index (χ1n) is 6.25. The predicted molar refractivity (Wildman–Crippen MR) is 72.0 cm³/mol. The standard InChI is InChI=1S/C13H17N3O3/c1-18-10-5-8-9(6-11(10)19-2)16-13(12(17)15-8)3-4-14-7-13/h5-6,14,16H,3-4,7H2,1-2H3,(H,15,17). The van der Waals surface area contributed by atoms with Gasteiger partial charge in [0.2, 0.25) is 0 Å². The van der Waals surface area contributed by atoms with E-state index in [0.29, 0.717) is 18.0 Å². The Hall–Kier alpha value is -1.95. The summed E-state index contributed by atoms with van der Waals surface area (Å²) in [4.78, 5) is 12.2. The summed E-state index contributed by atoms with van der Waals surface area (Å²) in [6, 6.07) is 3.63. The third-order valence-electron chi connectivity index (χ3n) is 3.74. The number of ether oxygens (including phenoxy) is 2. The molecule has 1 aromatic rings. The smallest absolute Gasteiger partial charge is 0.251 e. The molecule has 0 radical (unpaired) electrons. The second-order valence-electron chi connectivity index (χ2n) is 4.84. The van der Waals surface area contributed by atoms with Crippen LogP contribution in [0.4, 0.5) is 11.4 Å². The minimum Gasteiger partial charge on any atom is -0.493 e. The Morgan fingerprint density at radius 3 is 2.42 bits per heavy atom. The number of carbonyl (C=O) groups excluding carboxylic acids is 1. The van der Waals surface area contributed by atoms with Crippen molar-refractivity contribution in [3.63, 3.8) is 0 Å². The summed E-state index contributed by atoms with van der Waals surface area (Å²) >= 11 is 0. The van der Waals surface area contributed by atoms with Crippen LogP contribution < -0.4 is 25.4 Å². The molecule has 0 bridgehead atoms. The highest BCUT2D eigenvalue weighted by Gasteiger charge is 2.44. The highest BCUT2D eigenvalue weighted by Crippen LogP contribution is 2.41. The summed E-state index contributed by atoms with van der Waals surface area (Å²) in [5, 5.41) is 9.50. The maximum Gasteiger partial charge on any atom is 0.251 e. The Labute approximate surface area is 111 Å². The third-order valence-corrected chi connectivity index (χ3v) is 3.74. The molecule has 3 N–H and O–H groups in total. The van der Waals surface area contributed by atoms with Gasteiger partial charge in [-0.1, -0.05) is 0 Å². The van der Waals surface area contributed by atoms with Gasteiger partial charge in [0.05, 0.1) is 25.6 Å². The SMILES string of the molecule is COc1cc2c(cc1OC)NC1(CCNC1)C(=O)N2. The number of benzene rings is 1. The Morgan fingerprint density at radius 1 is 1.16 bits per heavy atom. The Morgan fingerprint density at radius 2 is 1.84 bits per heavy atom. The Bertz CT molecular complexity index is 524. The predicted octanol–water partition coefficient (Wildman–Crippen LogP) is 0.800. The Balaban J connectivity index is 2.02. The first-order valence-corrected chi connectivity index (χ1v) is 6.25. The van der Waals surface area contributed by atoms with Crippen molar-refractivity contribution in [2.24, 2.45) is 0 Å². The van der Waals surface area contributed by atoms with Crippen LogP contribution in [0.5, 0.6) is 11.5 Å². The summed E-state index contributed by atoms with van der Waals surface area (Å²) < 4.78 is 10.5. The molecule has 6 nitrogen and oxygen atoms in total. The molecule has 1 aromatic carbocycles. The molecule has 102 valence electrons. The van der Waals surface area contributed by atoms with Gasteiger partial charge < -0.3 is 25.4 Å². The first-order chi connectivity index (χ1) is 9.18. The zero-order chi connectivity index (χ0) is 13.5. The number of hydrogen-bond donors (Lipinski definition) is 3. The maximum atomic E-state index is 12.2. The third kappa shape index (κ3) is 1.79. The highest BCUT2D eigenvalue weighted by molar-refractivity contribution is 6.07. The van der Waals surface area contributed by atoms with Gasteiger partial charge in [0.15, 0.2) is 11.5 Å². The minimum atomic E-state index is -0.549. The van der Waals surface area contributed by atoms with Crippen molar-refractivity contribution in [3.8, 4) is 11.5 Å². The topological polar surface area (TPSA) is 71.6 Å². The van der Waals surface area contributed by atoms with Gasteiger partial charge in [-0.2, -0.15) is 0 Å². The van der Waals surface area contributed by atoms with E-state index in [0.717, 1.165) is 24.3 Å². The van der Waals surface area contributed by atoms with Gasteiger partial charge in [0.25, 0.3) is 5.91 Å². The van der Waals surface area contributed by atoms with Crippen LogP contribution in [0.15, 0.2) is 12.1 Å². The summed E-state index contributed by atoms with van der Waals surface area (Å²) in [6.07, 6.45) is 0.770. The van der Waals surface area contributed by atoms with E-state index in [1.54, 1.807) is 20.3 Å². The van der Waals surface area contributed by atoms with Crippen molar-refractivity contribution in [2.45, 2.75) is 12.0 Å². The minimum absolute atomic E-state index is 0.00257. The summed E-state index contributed by atoms with van der Waals surface area (Å²) in [5.74, 6) is 1.24. The van der Waals surface area contributed by atoms with Gasteiger partial charge in [-0.05, 0) is 13.0 Å². The second kappa shape index (κ2) is 4.31.